The van der Waals surface area contributed by atoms with Gasteiger partial charge in [0.25, 0.3) is 0 Å². The average molecular weight is 646 g/mol. The Balaban J connectivity index is 1.71. The van der Waals surface area contributed by atoms with Gasteiger partial charge in [0.05, 0.1) is 16.5 Å². The number of anilines is 1. The highest BCUT2D eigenvalue weighted by Gasteiger charge is 2.48. The molecule has 48 heavy (non-hydrogen) atoms. The molecule has 0 spiro atoms. The van der Waals surface area contributed by atoms with Gasteiger partial charge >= 0.3 is 11.9 Å². The lowest BCUT2D eigenvalue weighted by Crippen LogP contribution is -2.32. The molecule has 9 heteroatoms. The van der Waals surface area contributed by atoms with Crippen LogP contribution in [0.1, 0.15) is 99.1 Å². The summed E-state index contributed by atoms with van der Waals surface area (Å²) >= 11 is 0. The molecule has 0 fully saturated rings. The third-order valence-corrected chi connectivity index (χ3v) is 9.82. The van der Waals surface area contributed by atoms with Crippen LogP contribution in [0.4, 0.5) is 11.4 Å². The van der Waals surface area contributed by atoms with Gasteiger partial charge in [-0.15, -0.1) is 0 Å². The van der Waals surface area contributed by atoms with Crippen molar-refractivity contribution in [2.24, 2.45) is 0 Å². The molecule has 3 N–H and O–H groups in total. The molecule has 9 nitrogen and oxygen atoms in total. The minimum absolute atomic E-state index is 0.0588. The number of carboxylic acids is 2. The number of carbonyl (C=O) groups is 3. The molecule has 0 saturated heterocycles. The van der Waals surface area contributed by atoms with Crippen LogP contribution in [-0.4, -0.2) is 57.2 Å². The number of hydrogen-bond donors (Lipinski definition) is 3. The Morgan fingerprint density at radius 3 is 2.15 bits per heavy atom. The van der Waals surface area contributed by atoms with Crippen molar-refractivity contribution in [2.45, 2.75) is 78.1 Å². The van der Waals surface area contributed by atoms with Crippen LogP contribution in [0.15, 0.2) is 76.5 Å². The molecule has 246 valence electrons. The highest BCUT2D eigenvalue weighted by Crippen LogP contribution is 2.50. The molecule has 2 aliphatic heterocycles. The summed E-state index contributed by atoms with van der Waals surface area (Å²) in [5, 5.41) is 37.5. The number of nitrogens with zero attached hydrogens (tertiary/aromatic N) is 3. The number of Topliss-reactive ketones (excluding diaryl/α,β-unsaturated/α-hetero) is 1. The van der Waals surface area contributed by atoms with Gasteiger partial charge in [-0.2, -0.15) is 9.84 Å². The number of ketones is 1. The smallest absolute Gasteiger partial charge is 0.335 e. The molecule has 0 amide bonds. The van der Waals surface area contributed by atoms with Crippen molar-refractivity contribution in [3.05, 3.63) is 98.8 Å². The molecule has 0 radical (unpaired) electrons. The van der Waals surface area contributed by atoms with Gasteiger partial charge in [0.15, 0.2) is 11.5 Å². The highest BCUT2D eigenvalue weighted by atomic mass is 16.4. The maximum absolute atomic E-state index is 14.2. The van der Waals surface area contributed by atoms with Crippen molar-refractivity contribution in [3.8, 4) is 6.07 Å². The molecule has 2 aromatic carbocycles. The molecule has 0 aromatic heterocycles. The third-order valence-electron chi connectivity index (χ3n) is 9.82. The summed E-state index contributed by atoms with van der Waals surface area (Å²) < 4.78 is 2.13. The lowest BCUT2D eigenvalue weighted by atomic mass is 9.73. The Kier molecular flexibility index (Phi) is 9.01. The Labute approximate surface area is 281 Å². The van der Waals surface area contributed by atoms with Gasteiger partial charge in [0, 0.05) is 64.2 Å². The van der Waals surface area contributed by atoms with E-state index < -0.39 is 22.8 Å². The summed E-state index contributed by atoms with van der Waals surface area (Å²) in [6.07, 6.45) is 7.20. The molecule has 5 rings (SSSR count). The van der Waals surface area contributed by atoms with Crippen molar-refractivity contribution in [3.63, 3.8) is 0 Å². The second kappa shape index (κ2) is 12.7. The molecular formula is C39H41N4O5+. The first-order chi connectivity index (χ1) is 22.7. The third kappa shape index (κ3) is 5.42. The number of unbranched alkanes of at least 4 members (excludes halogenated alkanes) is 2. The molecule has 1 aliphatic carbocycles. The molecular weight excluding hydrogens is 604 g/mol. The summed E-state index contributed by atoms with van der Waals surface area (Å²) in [6.45, 7) is 13.5. The number of rotatable bonds is 11. The Hall–Kier alpha value is -5.32. The Bertz CT molecular complexity index is 1990. The second-order valence-corrected chi connectivity index (χ2v) is 13.5. The van der Waals surface area contributed by atoms with E-state index >= 15 is 0 Å². The fourth-order valence-corrected chi connectivity index (χ4v) is 7.07. The number of nitrogens with one attached hydrogen (secondary N) is 1. The van der Waals surface area contributed by atoms with E-state index in [1.165, 1.54) is 0 Å². The van der Waals surface area contributed by atoms with Crippen molar-refractivity contribution in [2.75, 3.05) is 18.0 Å². The number of nitriles is 1. The van der Waals surface area contributed by atoms with Crippen molar-refractivity contribution in [1.29, 1.82) is 10.7 Å². The van der Waals surface area contributed by atoms with Crippen molar-refractivity contribution < 1.29 is 29.2 Å². The van der Waals surface area contributed by atoms with Gasteiger partial charge in [0.2, 0.25) is 5.69 Å². The minimum Gasteiger partial charge on any atom is -0.478 e. The van der Waals surface area contributed by atoms with Gasteiger partial charge in [-0.05, 0) is 68.1 Å². The Morgan fingerprint density at radius 2 is 1.56 bits per heavy atom. The SMILES string of the molecule is CCCCN1C(=CC2=C(C(=C=N)C#N)C(=CC3=[N+](CCCC)c4ccc(C(=O)O)cc4C3(C)C)C2=O)C(C)(C)c2cc(C(=O)O)ccc21. The van der Waals surface area contributed by atoms with Crippen molar-refractivity contribution >= 4 is 40.7 Å². The molecule has 2 heterocycles. The first kappa shape index (κ1) is 34.0. The second-order valence-electron chi connectivity index (χ2n) is 13.5. The van der Waals surface area contributed by atoms with Crippen LogP contribution in [0.2, 0.25) is 0 Å². The summed E-state index contributed by atoms with van der Waals surface area (Å²) in [5.41, 5.74) is 5.00. The van der Waals surface area contributed by atoms with Crippen LogP contribution < -0.4 is 4.90 Å². The van der Waals surface area contributed by atoms with Crippen molar-refractivity contribution in [1.82, 2.24) is 0 Å². The van der Waals surface area contributed by atoms with Gasteiger partial charge in [0.1, 0.15) is 18.2 Å². The van der Waals surface area contributed by atoms with E-state index in [1.807, 2.05) is 39.8 Å². The van der Waals surface area contributed by atoms with Crippen LogP contribution in [-0.2, 0) is 15.6 Å². The average Bonchev–Trinajstić information content (AvgIpc) is 3.40. The zero-order valence-electron chi connectivity index (χ0n) is 28.3. The minimum atomic E-state index is -1.02. The monoisotopic (exact) mass is 645 g/mol. The summed E-state index contributed by atoms with van der Waals surface area (Å²) in [6, 6.07) is 12.3. The van der Waals surface area contributed by atoms with E-state index in [1.54, 1.807) is 36.4 Å². The fraction of sp³-hybridized carbons (Fsp3) is 0.359. The molecule has 0 bridgehead atoms. The lowest BCUT2D eigenvalue weighted by molar-refractivity contribution is -0.438. The van der Waals surface area contributed by atoms with Crippen LogP contribution in [0.5, 0.6) is 0 Å². The number of aromatic carboxylic acids is 2. The lowest BCUT2D eigenvalue weighted by Gasteiger charge is -2.30. The number of hydrogen-bond acceptors (Lipinski definition) is 6. The predicted octanol–water partition coefficient (Wildman–Crippen LogP) is 7.25. The molecule has 0 unspecified atom stereocenters. The number of fused-ring (bicyclic) bond motifs is 2. The number of carboxylic acid groups (broad SMARTS) is 2. The predicted molar refractivity (Wildman–Crippen MR) is 185 cm³/mol. The molecule has 0 saturated carbocycles. The van der Waals surface area contributed by atoms with Gasteiger partial charge in [-0.25, -0.2) is 9.59 Å². The maximum Gasteiger partial charge on any atom is 0.335 e. The van der Waals surface area contributed by atoms with Crippen LogP contribution in [0, 0.1) is 16.7 Å². The summed E-state index contributed by atoms with van der Waals surface area (Å²) in [7, 11) is 0. The zero-order valence-corrected chi connectivity index (χ0v) is 28.3. The standard InChI is InChI=1S/C39H40N4O5/c1-7-9-15-42-30-13-11-23(36(45)46)17-28(30)38(3,4)32(42)19-26-34(25(21-40)22-41)27(35(26)44)20-33-39(5,6)29-18-24(37(47)48)12-14-31(29)43(33)16-10-8-2/h11-14,17-20,40H,7-10,15-16H2,1-6H3,(H-,45,46,47,48)/p+1. The van der Waals surface area contributed by atoms with E-state index in [0.717, 1.165) is 59.6 Å². The van der Waals surface area contributed by atoms with Gasteiger partial charge in [-0.3, -0.25) is 10.2 Å². The number of allylic oxidation sites excluding steroid dienone is 7. The van der Waals surface area contributed by atoms with Gasteiger partial charge < -0.3 is 15.1 Å². The first-order valence-corrected chi connectivity index (χ1v) is 16.4. The van der Waals surface area contributed by atoms with E-state index in [4.69, 9.17) is 5.41 Å². The number of benzene rings is 2. The van der Waals surface area contributed by atoms with E-state index in [2.05, 4.69) is 35.3 Å². The zero-order chi connectivity index (χ0) is 35.1. The molecule has 3 aliphatic rings. The summed E-state index contributed by atoms with van der Waals surface area (Å²) in [4.78, 5) is 40.0. The molecule has 2 aromatic rings. The van der Waals surface area contributed by atoms with Crippen LogP contribution >= 0.6 is 0 Å². The number of carbonyl (C=O) groups excluding carboxylic acids is 1. The Morgan fingerprint density at radius 1 is 0.938 bits per heavy atom. The van der Waals surface area contributed by atoms with E-state index in [0.29, 0.717) is 29.8 Å². The molecule has 0 atom stereocenters. The fourth-order valence-electron chi connectivity index (χ4n) is 7.07. The largest absolute Gasteiger partial charge is 0.478 e. The first-order valence-electron chi connectivity index (χ1n) is 16.4. The normalized spacial score (nSPS) is 18.9. The quantitative estimate of drug-likeness (QED) is 0.101. The van der Waals surface area contributed by atoms with Crippen LogP contribution in [0.25, 0.3) is 0 Å². The van der Waals surface area contributed by atoms with E-state index in [9.17, 15) is 29.9 Å². The topological polar surface area (TPSA) is 146 Å². The maximum atomic E-state index is 14.2. The highest BCUT2D eigenvalue weighted by molar-refractivity contribution is 6.27. The summed E-state index contributed by atoms with van der Waals surface area (Å²) in [5.74, 6) is -0.0539. The van der Waals surface area contributed by atoms with Crippen LogP contribution in [0.3, 0.4) is 0 Å². The van der Waals surface area contributed by atoms with Gasteiger partial charge in [-0.1, -0.05) is 40.5 Å². The van der Waals surface area contributed by atoms with E-state index in [-0.39, 0.29) is 22.5 Å².